The highest BCUT2D eigenvalue weighted by Gasteiger charge is 2.15. The van der Waals surface area contributed by atoms with Gasteiger partial charge in [-0.15, -0.1) is 0 Å². The molecule has 0 fully saturated rings. The largest absolute Gasteiger partial charge is 0.469 e. The minimum absolute atomic E-state index is 0.275. The Bertz CT molecular complexity index is 366. The van der Waals surface area contributed by atoms with Crippen LogP contribution in [0.4, 0.5) is 10.1 Å². The van der Waals surface area contributed by atoms with Crippen LogP contribution in [0, 0.1) is 11.7 Å². The lowest BCUT2D eigenvalue weighted by Gasteiger charge is -2.10. The Hall–Kier alpha value is -1.58. The van der Waals surface area contributed by atoms with Gasteiger partial charge in [0, 0.05) is 5.69 Å². The van der Waals surface area contributed by atoms with Crippen LogP contribution in [-0.4, -0.2) is 13.1 Å². The summed E-state index contributed by atoms with van der Waals surface area (Å²) < 4.78 is 17.3. The van der Waals surface area contributed by atoms with Crippen molar-refractivity contribution in [3.8, 4) is 0 Å². The van der Waals surface area contributed by atoms with Crippen LogP contribution in [0.2, 0.25) is 0 Å². The van der Waals surface area contributed by atoms with Crippen LogP contribution in [0.1, 0.15) is 12.5 Å². The van der Waals surface area contributed by atoms with Crippen LogP contribution in [0.25, 0.3) is 0 Å². The number of benzene rings is 1. The fraction of sp³-hybridized carbons (Fsp3) is 0.364. The van der Waals surface area contributed by atoms with Gasteiger partial charge in [-0.1, -0.05) is 13.0 Å². The van der Waals surface area contributed by atoms with Gasteiger partial charge in [0.2, 0.25) is 0 Å². The zero-order valence-electron chi connectivity index (χ0n) is 8.79. The van der Waals surface area contributed by atoms with Gasteiger partial charge >= 0.3 is 5.97 Å². The molecule has 0 aliphatic rings. The third-order valence-corrected chi connectivity index (χ3v) is 2.24. The third-order valence-electron chi connectivity index (χ3n) is 2.24. The molecule has 0 aromatic heterocycles. The predicted octanol–water partition coefficient (Wildman–Crippen LogP) is 1.76. The van der Waals surface area contributed by atoms with E-state index < -0.39 is 0 Å². The van der Waals surface area contributed by atoms with E-state index in [1.54, 1.807) is 13.0 Å². The van der Waals surface area contributed by atoms with E-state index in [0.29, 0.717) is 12.1 Å². The average molecular weight is 211 g/mol. The lowest BCUT2D eigenvalue weighted by Crippen LogP contribution is -2.15. The lowest BCUT2D eigenvalue weighted by molar-refractivity contribution is -0.144. The molecule has 4 heteroatoms. The summed E-state index contributed by atoms with van der Waals surface area (Å²) >= 11 is 0. The van der Waals surface area contributed by atoms with E-state index in [0.717, 1.165) is 5.56 Å². The number of anilines is 1. The monoisotopic (exact) mass is 211 g/mol. The number of hydrogen-bond acceptors (Lipinski definition) is 3. The van der Waals surface area contributed by atoms with Gasteiger partial charge in [-0.25, -0.2) is 4.39 Å². The van der Waals surface area contributed by atoms with Gasteiger partial charge in [0.1, 0.15) is 5.82 Å². The van der Waals surface area contributed by atoms with Crippen molar-refractivity contribution in [3.63, 3.8) is 0 Å². The average Bonchev–Trinajstić information content (AvgIpc) is 2.20. The Morgan fingerprint density at radius 2 is 2.27 bits per heavy atom. The van der Waals surface area contributed by atoms with Gasteiger partial charge < -0.3 is 10.5 Å². The molecule has 1 unspecified atom stereocenters. The number of methoxy groups -OCH3 is 1. The molecule has 0 radical (unpaired) electrons. The molecule has 1 aromatic carbocycles. The van der Waals surface area contributed by atoms with Gasteiger partial charge in [0.25, 0.3) is 0 Å². The molecular weight excluding hydrogens is 197 g/mol. The number of nitrogen functional groups attached to an aromatic ring is 1. The summed E-state index contributed by atoms with van der Waals surface area (Å²) in [4.78, 5) is 11.2. The topological polar surface area (TPSA) is 52.3 Å². The fourth-order valence-corrected chi connectivity index (χ4v) is 1.37. The minimum atomic E-state index is -0.373. The normalized spacial score (nSPS) is 12.2. The first-order valence-corrected chi connectivity index (χ1v) is 4.66. The van der Waals surface area contributed by atoms with Crippen LogP contribution in [0.5, 0.6) is 0 Å². The number of carbonyl (C=O) groups is 1. The minimum Gasteiger partial charge on any atom is -0.469 e. The van der Waals surface area contributed by atoms with E-state index in [1.165, 1.54) is 19.2 Å². The molecule has 0 heterocycles. The number of esters is 1. The first-order valence-electron chi connectivity index (χ1n) is 4.66. The third kappa shape index (κ3) is 2.94. The number of hydrogen-bond donors (Lipinski definition) is 1. The molecule has 0 spiro atoms. The summed E-state index contributed by atoms with van der Waals surface area (Å²) in [6.07, 6.45) is 0.457. The first kappa shape index (κ1) is 11.5. The first-order chi connectivity index (χ1) is 7.04. The smallest absolute Gasteiger partial charge is 0.308 e. The molecule has 82 valence electrons. The molecular formula is C11H14FNO2. The Kier molecular flexibility index (Phi) is 3.66. The Morgan fingerprint density at radius 1 is 1.60 bits per heavy atom. The lowest BCUT2D eigenvalue weighted by atomic mass is 10.00. The van der Waals surface area contributed by atoms with Crippen LogP contribution >= 0.6 is 0 Å². The maximum Gasteiger partial charge on any atom is 0.308 e. The van der Waals surface area contributed by atoms with Crippen molar-refractivity contribution in [2.45, 2.75) is 13.3 Å². The van der Waals surface area contributed by atoms with Gasteiger partial charge in [0.05, 0.1) is 13.0 Å². The maximum atomic E-state index is 12.7. The molecule has 1 atom stereocenters. The summed E-state index contributed by atoms with van der Waals surface area (Å²) in [5, 5.41) is 0. The number of ether oxygens (including phenoxy) is 1. The van der Waals surface area contributed by atoms with E-state index in [-0.39, 0.29) is 17.7 Å². The molecule has 0 saturated carbocycles. The summed E-state index contributed by atoms with van der Waals surface area (Å²) in [5.41, 5.74) is 6.74. The molecule has 3 nitrogen and oxygen atoms in total. The van der Waals surface area contributed by atoms with Crippen molar-refractivity contribution in [2.24, 2.45) is 5.92 Å². The molecule has 0 aliphatic carbocycles. The number of carbonyl (C=O) groups excluding carboxylic acids is 1. The molecule has 0 bridgehead atoms. The van der Waals surface area contributed by atoms with Crippen molar-refractivity contribution < 1.29 is 13.9 Å². The fourth-order valence-electron chi connectivity index (χ4n) is 1.37. The molecule has 15 heavy (non-hydrogen) atoms. The number of rotatable bonds is 3. The van der Waals surface area contributed by atoms with Gasteiger partial charge in [-0.2, -0.15) is 0 Å². The second-order valence-corrected chi connectivity index (χ2v) is 3.47. The van der Waals surface area contributed by atoms with E-state index in [4.69, 9.17) is 5.73 Å². The zero-order valence-corrected chi connectivity index (χ0v) is 8.79. The van der Waals surface area contributed by atoms with E-state index in [2.05, 4.69) is 4.74 Å². The highest BCUT2D eigenvalue weighted by molar-refractivity contribution is 5.72. The van der Waals surface area contributed by atoms with E-state index >= 15 is 0 Å². The number of halogens is 1. The van der Waals surface area contributed by atoms with Crippen LogP contribution in [0.3, 0.4) is 0 Å². The Balaban J connectivity index is 2.76. The SMILES string of the molecule is COC(=O)C(C)Cc1ccc(F)cc1N. The van der Waals surface area contributed by atoms with Crippen molar-refractivity contribution >= 4 is 11.7 Å². The summed E-state index contributed by atoms with van der Waals surface area (Å²) in [5.74, 6) is -0.941. The summed E-state index contributed by atoms with van der Waals surface area (Å²) in [6.45, 7) is 1.74. The van der Waals surface area contributed by atoms with E-state index in [9.17, 15) is 9.18 Å². The van der Waals surface area contributed by atoms with Gasteiger partial charge in [0.15, 0.2) is 0 Å². The zero-order chi connectivity index (χ0) is 11.4. The van der Waals surface area contributed by atoms with Crippen LogP contribution in [0.15, 0.2) is 18.2 Å². The van der Waals surface area contributed by atoms with Crippen molar-refractivity contribution in [3.05, 3.63) is 29.6 Å². The van der Waals surface area contributed by atoms with Crippen molar-refractivity contribution in [2.75, 3.05) is 12.8 Å². The maximum absolute atomic E-state index is 12.7. The summed E-state index contributed by atoms with van der Waals surface area (Å²) in [6, 6.07) is 4.17. The highest BCUT2D eigenvalue weighted by atomic mass is 19.1. The standard InChI is InChI=1S/C11H14FNO2/c1-7(11(14)15-2)5-8-3-4-9(12)6-10(8)13/h3-4,6-7H,5,13H2,1-2H3. The second-order valence-electron chi connectivity index (χ2n) is 3.47. The Morgan fingerprint density at radius 3 is 2.80 bits per heavy atom. The predicted molar refractivity (Wildman–Crippen MR) is 55.7 cm³/mol. The molecule has 1 aromatic rings. The molecule has 0 aliphatic heterocycles. The number of nitrogens with two attached hydrogens (primary N) is 1. The van der Waals surface area contributed by atoms with Crippen LogP contribution < -0.4 is 5.73 Å². The van der Waals surface area contributed by atoms with Gasteiger partial charge in [-0.05, 0) is 24.1 Å². The molecule has 0 saturated heterocycles. The molecule has 0 amide bonds. The highest BCUT2D eigenvalue weighted by Crippen LogP contribution is 2.18. The Labute approximate surface area is 88.0 Å². The molecule has 1 rings (SSSR count). The van der Waals surface area contributed by atoms with Crippen molar-refractivity contribution in [1.29, 1.82) is 0 Å². The quantitative estimate of drug-likeness (QED) is 0.612. The second kappa shape index (κ2) is 4.77. The van der Waals surface area contributed by atoms with Crippen LogP contribution in [-0.2, 0) is 16.0 Å². The molecule has 2 N–H and O–H groups in total. The van der Waals surface area contributed by atoms with Crippen molar-refractivity contribution in [1.82, 2.24) is 0 Å². The summed E-state index contributed by atoms with van der Waals surface area (Å²) in [7, 11) is 1.34. The van der Waals surface area contributed by atoms with Gasteiger partial charge in [-0.3, -0.25) is 4.79 Å². The van der Waals surface area contributed by atoms with E-state index in [1.807, 2.05) is 0 Å².